The van der Waals surface area contributed by atoms with E-state index in [-0.39, 0.29) is 0 Å². The summed E-state index contributed by atoms with van der Waals surface area (Å²) in [4.78, 5) is 0. The van der Waals surface area contributed by atoms with E-state index >= 15 is 0 Å². The molecule has 9 heteroatoms. The average molecular weight is 410 g/mol. The van der Waals surface area contributed by atoms with Crippen LogP contribution in [0.1, 0.15) is 43.8 Å². The van der Waals surface area contributed by atoms with Gasteiger partial charge in [0.1, 0.15) is 6.04 Å². The Morgan fingerprint density at radius 1 is 1.00 bits per heavy atom. The van der Waals surface area contributed by atoms with Crippen molar-refractivity contribution >= 4 is 17.3 Å². The summed E-state index contributed by atoms with van der Waals surface area (Å²) in [5.41, 5.74) is 0.0813. The van der Waals surface area contributed by atoms with Gasteiger partial charge in [0.15, 0.2) is 5.82 Å². The molecule has 148 valence electrons. The standard InChI is InChI=1S/C19H19ClF3N5/c1-18(2,3)28-17(25-26-27-28)16(14-6-4-5-7-15(14)20)24-13-10-8-12(9-11-13)19(21,22)23/h4-11,16,24H,1-3H3/t16-/m1/s1. The second-order valence-corrected chi connectivity index (χ2v) is 7.70. The summed E-state index contributed by atoms with van der Waals surface area (Å²) in [6.45, 7) is 5.86. The Bertz CT molecular complexity index is 945. The third-order valence-corrected chi connectivity index (χ3v) is 4.47. The summed E-state index contributed by atoms with van der Waals surface area (Å²) in [5.74, 6) is 0.500. The van der Waals surface area contributed by atoms with Crippen molar-refractivity contribution in [2.75, 3.05) is 5.32 Å². The zero-order chi connectivity index (χ0) is 20.5. The van der Waals surface area contributed by atoms with E-state index in [2.05, 4.69) is 20.8 Å². The van der Waals surface area contributed by atoms with Crippen LogP contribution in [0.15, 0.2) is 48.5 Å². The van der Waals surface area contributed by atoms with Crippen molar-refractivity contribution in [3.8, 4) is 0 Å². The number of aromatic nitrogens is 4. The fraction of sp³-hybridized carbons (Fsp3) is 0.316. The Labute approximate surface area is 165 Å². The summed E-state index contributed by atoms with van der Waals surface area (Å²) in [5, 5.41) is 15.7. The van der Waals surface area contributed by atoms with Crippen LogP contribution in [0.3, 0.4) is 0 Å². The van der Waals surface area contributed by atoms with Crippen molar-refractivity contribution in [1.29, 1.82) is 0 Å². The van der Waals surface area contributed by atoms with E-state index in [0.29, 0.717) is 22.1 Å². The molecular weight excluding hydrogens is 391 g/mol. The van der Waals surface area contributed by atoms with Crippen LogP contribution in [0, 0.1) is 0 Å². The number of benzene rings is 2. The fourth-order valence-electron chi connectivity index (χ4n) is 2.76. The van der Waals surface area contributed by atoms with Gasteiger partial charge in [-0.1, -0.05) is 29.8 Å². The molecular formula is C19H19ClF3N5. The third kappa shape index (κ3) is 4.27. The molecule has 0 saturated heterocycles. The second-order valence-electron chi connectivity index (χ2n) is 7.29. The van der Waals surface area contributed by atoms with Gasteiger partial charge in [-0.2, -0.15) is 13.2 Å². The van der Waals surface area contributed by atoms with Gasteiger partial charge in [-0.15, -0.1) is 5.10 Å². The minimum Gasteiger partial charge on any atom is -0.371 e. The van der Waals surface area contributed by atoms with Gasteiger partial charge in [0.2, 0.25) is 0 Å². The number of tetrazole rings is 1. The molecule has 1 atom stereocenters. The Hall–Kier alpha value is -2.61. The van der Waals surface area contributed by atoms with Crippen molar-refractivity contribution in [3.63, 3.8) is 0 Å². The molecule has 0 fully saturated rings. The van der Waals surface area contributed by atoms with Gasteiger partial charge in [0.05, 0.1) is 11.1 Å². The molecule has 3 aromatic rings. The highest BCUT2D eigenvalue weighted by Crippen LogP contribution is 2.34. The van der Waals surface area contributed by atoms with Gasteiger partial charge in [-0.3, -0.25) is 0 Å². The van der Waals surface area contributed by atoms with E-state index in [9.17, 15) is 13.2 Å². The van der Waals surface area contributed by atoms with Gasteiger partial charge in [-0.05, 0) is 61.5 Å². The lowest BCUT2D eigenvalue weighted by molar-refractivity contribution is -0.137. The van der Waals surface area contributed by atoms with Crippen LogP contribution in [0.4, 0.5) is 18.9 Å². The molecule has 5 nitrogen and oxygen atoms in total. The molecule has 0 unspecified atom stereocenters. The number of rotatable bonds is 4. The van der Waals surface area contributed by atoms with E-state index in [1.165, 1.54) is 12.1 Å². The van der Waals surface area contributed by atoms with Crippen LogP contribution in [-0.4, -0.2) is 20.2 Å². The maximum Gasteiger partial charge on any atom is 0.416 e. The minimum atomic E-state index is -4.39. The number of nitrogens with zero attached hydrogens (tertiary/aromatic N) is 4. The van der Waals surface area contributed by atoms with E-state index in [0.717, 1.165) is 12.1 Å². The van der Waals surface area contributed by atoms with E-state index in [1.807, 2.05) is 32.9 Å². The first kappa shape index (κ1) is 20.1. The van der Waals surface area contributed by atoms with Crippen molar-refractivity contribution in [2.24, 2.45) is 0 Å². The predicted molar refractivity (Wildman–Crippen MR) is 101 cm³/mol. The Kier molecular flexibility index (Phi) is 5.34. The van der Waals surface area contributed by atoms with Crippen LogP contribution in [0.2, 0.25) is 5.02 Å². The van der Waals surface area contributed by atoms with Crippen LogP contribution in [0.5, 0.6) is 0 Å². The van der Waals surface area contributed by atoms with Gasteiger partial charge in [-0.25, -0.2) is 4.68 Å². The quantitative estimate of drug-likeness (QED) is 0.635. The van der Waals surface area contributed by atoms with Crippen LogP contribution in [0.25, 0.3) is 0 Å². The maximum atomic E-state index is 12.8. The largest absolute Gasteiger partial charge is 0.416 e. The first-order valence-electron chi connectivity index (χ1n) is 8.54. The molecule has 0 aliphatic rings. The maximum absolute atomic E-state index is 12.8. The number of hydrogen-bond donors (Lipinski definition) is 1. The molecule has 2 aromatic carbocycles. The smallest absolute Gasteiger partial charge is 0.371 e. The average Bonchev–Trinajstić information content (AvgIpc) is 3.10. The highest BCUT2D eigenvalue weighted by atomic mass is 35.5. The molecule has 1 heterocycles. The van der Waals surface area contributed by atoms with Crippen molar-refractivity contribution in [1.82, 2.24) is 20.2 Å². The van der Waals surface area contributed by atoms with Crippen LogP contribution >= 0.6 is 11.6 Å². The first-order valence-corrected chi connectivity index (χ1v) is 8.92. The molecule has 0 aliphatic carbocycles. The Morgan fingerprint density at radius 2 is 1.64 bits per heavy atom. The molecule has 0 amide bonds. The Balaban J connectivity index is 2.04. The minimum absolute atomic E-state index is 0.403. The molecule has 0 aliphatic heterocycles. The molecule has 1 N–H and O–H groups in total. The van der Waals surface area contributed by atoms with Gasteiger partial charge in [0, 0.05) is 16.3 Å². The summed E-state index contributed by atoms with van der Waals surface area (Å²) in [6.07, 6.45) is -4.39. The summed E-state index contributed by atoms with van der Waals surface area (Å²) >= 11 is 6.39. The number of anilines is 1. The normalized spacial score (nSPS) is 13.4. The topological polar surface area (TPSA) is 55.6 Å². The molecule has 0 saturated carbocycles. The lowest BCUT2D eigenvalue weighted by Gasteiger charge is -2.26. The molecule has 1 aromatic heterocycles. The zero-order valence-electron chi connectivity index (χ0n) is 15.5. The predicted octanol–water partition coefficient (Wildman–Crippen LogP) is 5.30. The lowest BCUT2D eigenvalue weighted by atomic mass is 10.0. The lowest BCUT2D eigenvalue weighted by Crippen LogP contribution is -2.29. The Morgan fingerprint density at radius 3 is 2.21 bits per heavy atom. The first-order chi connectivity index (χ1) is 13.1. The second kappa shape index (κ2) is 7.43. The molecule has 28 heavy (non-hydrogen) atoms. The summed E-state index contributed by atoms with van der Waals surface area (Å²) < 4.78 is 40.2. The van der Waals surface area contributed by atoms with E-state index < -0.39 is 23.3 Å². The number of alkyl halides is 3. The SMILES string of the molecule is CC(C)(C)n1nnnc1[C@H](Nc1ccc(C(F)(F)F)cc1)c1ccccc1Cl. The van der Waals surface area contributed by atoms with Crippen LogP contribution < -0.4 is 5.32 Å². The van der Waals surface area contributed by atoms with Gasteiger partial charge < -0.3 is 5.32 Å². The monoisotopic (exact) mass is 409 g/mol. The van der Waals surface area contributed by atoms with Gasteiger partial charge >= 0.3 is 6.18 Å². The number of halogens is 4. The van der Waals surface area contributed by atoms with E-state index in [4.69, 9.17) is 11.6 Å². The summed E-state index contributed by atoms with van der Waals surface area (Å²) in [6, 6.07) is 11.4. The van der Waals surface area contributed by atoms with Crippen molar-refractivity contribution in [2.45, 2.75) is 38.5 Å². The van der Waals surface area contributed by atoms with Crippen molar-refractivity contribution < 1.29 is 13.2 Å². The zero-order valence-corrected chi connectivity index (χ0v) is 16.3. The van der Waals surface area contributed by atoms with Crippen LogP contribution in [-0.2, 0) is 11.7 Å². The molecule has 3 rings (SSSR count). The molecule has 0 bridgehead atoms. The van der Waals surface area contributed by atoms with Crippen molar-refractivity contribution in [3.05, 3.63) is 70.5 Å². The highest BCUT2D eigenvalue weighted by molar-refractivity contribution is 6.31. The molecule has 0 spiro atoms. The highest BCUT2D eigenvalue weighted by Gasteiger charge is 2.31. The summed E-state index contributed by atoms with van der Waals surface area (Å²) in [7, 11) is 0. The number of nitrogens with one attached hydrogen (secondary N) is 1. The van der Waals surface area contributed by atoms with E-state index in [1.54, 1.807) is 16.8 Å². The fourth-order valence-corrected chi connectivity index (χ4v) is 3.01. The molecule has 0 radical (unpaired) electrons. The van der Waals surface area contributed by atoms with Gasteiger partial charge in [0.25, 0.3) is 0 Å². The number of hydrogen-bond acceptors (Lipinski definition) is 4. The third-order valence-electron chi connectivity index (χ3n) is 4.13.